The Morgan fingerprint density at radius 1 is 1.25 bits per heavy atom. The van der Waals surface area contributed by atoms with Crippen LogP contribution >= 0.6 is 15.9 Å². The van der Waals surface area contributed by atoms with Crippen LogP contribution in [0.15, 0.2) is 34.8 Å². The van der Waals surface area contributed by atoms with Crippen molar-refractivity contribution < 1.29 is 9.13 Å². The molecule has 0 fully saturated rings. The number of hydrogen-bond donors (Lipinski definition) is 1. The van der Waals surface area contributed by atoms with Crippen molar-refractivity contribution in [3.63, 3.8) is 0 Å². The fourth-order valence-electron chi connectivity index (χ4n) is 1.99. The van der Waals surface area contributed by atoms with Gasteiger partial charge >= 0.3 is 0 Å². The number of rotatable bonds is 2. The van der Waals surface area contributed by atoms with Gasteiger partial charge in [-0.2, -0.15) is 4.98 Å². The maximum atomic E-state index is 14.1. The molecule has 0 saturated carbocycles. The van der Waals surface area contributed by atoms with E-state index in [9.17, 15) is 4.39 Å². The second-order valence-corrected chi connectivity index (χ2v) is 4.93. The lowest BCUT2D eigenvalue weighted by molar-refractivity contribution is 0.399. The van der Waals surface area contributed by atoms with Crippen LogP contribution in [0.2, 0.25) is 0 Å². The number of imidazole rings is 1. The summed E-state index contributed by atoms with van der Waals surface area (Å²) in [6.45, 7) is 0. The summed E-state index contributed by atoms with van der Waals surface area (Å²) in [5.74, 6) is 0.146. The summed E-state index contributed by atoms with van der Waals surface area (Å²) in [5.41, 5.74) is 7.18. The Labute approximate surface area is 122 Å². The first-order valence-electron chi connectivity index (χ1n) is 5.75. The van der Waals surface area contributed by atoms with Gasteiger partial charge in [-0.15, -0.1) is 0 Å². The molecule has 2 heterocycles. The largest absolute Gasteiger partial charge is 0.481 e. The van der Waals surface area contributed by atoms with E-state index in [0.29, 0.717) is 21.5 Å². The zero-order valence-electron chi connectivity index (χ0n) is 10.5. The van der Waals surface area contributed by atoms with Crippen LogP contribution < -0.4 is 10.5 Å². The van der Waals surface area contributed by atoms with Gasteiger partial charge in [-0.3, -0.25) is 4.57 Å². The standard InChI is InChI=1S/C13H10BrFN4O/c1-20-10-6-5-9-12(18-10)19(13(16)17-9)11-7(14)3-2-4-8(11)15/h2-6H,1H3,(H2,16,17). The van der Waals surface area contributed by atoms with E-state index < -0.39 is 5.82 Å². The molecule has 0 aliphatic rings. The Balaban J connectivity index is 2.38. The summed E-state index contributed by atoms with van der Waals surface area (Å²) in [7, 11) is 1.51. The number of nitrogen functional groups attached to an aromatic ring is 1. The molecule has 0 amide bonds. The first-order valence-corrected chi connectivity index (χ1v) is 6.54. The quantitative estimate of drug-likeness (QED) is 0.781. The summed E-state index contributed by atoms with van der Waals surface area (Å²) in [4.78, 5) is 8.47. The first-order chi connectivity index (χ1) is 9.61. The van der Waals surface area contributed by atoms with Crippen molar-refractivity contribution in [1.82, 2.24) is 14.5 Å². The third kappa shape index (κ3) is 1.90. The Morgan fingerprint density at radius 3 is 2.75 bits per heavy atom. The molecule has 3 aromatic rings. The third-order valence-electron chi connectivity index (χ3n) is 2.88. The lowest BCUT2D eigenvalue weighted by Gasteiger charge is -2.09. The van der Waals surface area contributed by atoms with E-state index in [1.807, 2.05) is 0 Å². The van der Waals surface area contributed by atoms with E-state index in [1.54, 1.807) is 24.3 Å². The molecule has 1 aromatic carbocycles. The number of nitrogens with zero attached hydrogens (tertiary/aromatic N) is 3. The van der Waals surface area contributed by atoms with Crippen molar-refractivity contribution in [2.45, 2.75) is 0 Å². The Morgan fingerprint density at radius 2 is 2.05 bits per heavy atom. The predicted molar refractivity (Wildman–Crippen MR) is 77.5 cm³/mol. The molecule has 0 unspecified atom stereocenters. The fourth-order valence-corrected chi connectivity index (χ4v) is 2.51. The summed E-state index contributed by atoms with van der Waals surface area (Å²) in [5, 5.41) is 0. The van der Waals surface area contributed by atoms with E-state index in [-0.39, 0.29) is 11.6 Å². The van der Waals surface area contributed by atoms with Gasteiger partial charge in [0.15, 0.2) is 5.65 Å². The Kier molecular flexibility index (Phi) is 3.06. The van der Waals surface area contributed by atoms with Crippen LogP contribution in [0.25, 0.3) is 16.9 Å². The molecular formula is C13H10BrFN4O. The Hall–Kier alpha value is -2.15. The minimum absolute atomic E-state index is 0.159. The van der Waals surface area contributed by atoms with Gasteiger partial charge in [-0.25, -0.2) is 9.37 Å². The normalized spacial score (nSPS) is 10.9. The van der Waals surface area contributed by atoms with Gasteiger partial charge in [0.2, 0.25) is 11.8 Å². The average molecular weight is 337 g/mol. The third-order valence-corrected chi connectivity index (χ3v) is 3.52. The molecule has 0 aliphatic carbocycles. The smallest absolute Gasteiger partial charge is 0.215 e. The van der Waals surface area contributed by atoms with Crippen molar-refractivity contribution in [3.8, 4) is 11.6 Å². The number of benzene rings is 1. The molecular weight excluding hydrogens is 327 g/mol. The number of ether oxygens (including phenoxy) is 1. The maximum absolute atomic E-state index is 14.1. The van der Waals surface area contributed by atoms with Crippen molar-refractivity contribution in [2.75, 3.05) is 12.8 Å². The number of anilines is 1. The Bertz CT molecular complexity index is 782. The molecule has 0 saturated heterocycles. The zero-order chi connectivity index (χ0) is 14.3. The summed E-state index contributed by atoms with van der Waals surface area (Å²) < 4.78 is 21.2. The van der Waals surface area contributed by atoms with E-state index >= 15 is 0 Å². The number of pyridine rings is 1. The molecule has 20 heavy (non-hydrogen) atoms. The van der Waals surface area contributed by atoms with Gasteiger partial charge < -0.3 is 10.5 Å². The van der Waals surface area contributed by atoms with Crippen LogP contribution in [0, 0.1) is 5.82 Å². The zero-order valence-corrected chi connectivity index (χ0v) is 12.1. The number of aromatic nitrogens is 3. The number of methoxy groups -OCH3 is 1. The van der Waals surface area contributed by atoms with Gasteiger partial charge in [0.05, 0.1) is 7.11 Å². The first kappa shape index (κ1) is 12.9. The molecule has 2 N–H and O–H groups in total. The number of nitrogens with two attached hydrogens (primary N) is 1. The van der Waals surface area contributed by atoms with Crippen molar-refractivity contribution >= 4 is 33.0 Å². The van der Waals surface area contributed by atoms with Gasteiger partial charge in [0.25, 0.3) is 0 Å². The minimum Gasteiger partial charge on any atom is -0.481 e. The molecule has 5 nitrogen and oxygen atoms in total. The van der Waals surface area contributed by atoms with Gasteiger partial charge in [0.1, 0.15) is 17.0 Å². The van der Waals surface area contributed by atoms with E-state index in [0.717, 1.165) is 0 Å². The van der Waals surface area contributed by atoms with Crippen molar-refractivity contribution in [3.05, 3.63) is 40.6 Å². The molecule has 0 aliphatic heterocycles. The lowest BCUT2D eigenvalue weighted by atomic mass is 10.3. The molecule has 7 heteroatoms. The van der Waals surface area contributed by atoms with Crippen LogP contribution in [0.3, 0.4) is 0 Å². The van der Waals surface area contributed by atoms with Gasteiger partial charge in [-0.05, 0) is 34.1 Å². The molecule has 2 aromatic heterocycles. The molecule has 0 atom stereocenters. The number of para-hydroxylation sites is 1. The molecule has 0 bridgehead atoms. The van der Waals surface area contributed by atoms with E-state index in [1.165, 1.54) is 17.7 Å². The molecule has 102 valence electrons. The number of halogens is 2. The fraction of sp³-hybridized carbons (Fsp3) is 0.0769. The van der Waals surface area contributed by atoms with Crippen LogP contribution in [0.1, 0.15) is 0 Å². The van der Waals surface area contributed by atoms with E-state index in [2.05, 4.69) is 25.9 Å². The van der Waals surface area contributed by atoms with Crippen molar-refractivity contribution in [1.29, 1.82) is 0 Å². The van der Waals surface area contributed by atoms with Crippen LogP contribution in [0.4, 0.5) is 10.3 Å². The topological polar surface area (TPSA) is 66.0 Å². The number of fused-ring (bicyclic) bond motifs is 1. The van der Waals surface area contributed by atoms with Crippen LogP contribution in [-0.4, -0.2) is 21.6 Å². The van der Waals surface area contributed by atoms with Crippen LogP contribution in [-0.2, 0) is 0 Å². The summed E-state index contributed by atoms with van der Waals surface area (Å²) in [6, 6.07) is 8.08. The molecule has 3 rings (SSSR count). The summed E-state index contributed by atoms with van der Waals surface area (Å²) in [6.07, 6.45) is 0. The van der Waals surface area contributed by atoms with E-state index in [4.69, 9.17) is 10.5 Å². The SMILES string of the molecule is COc1ccc2nc(N)n(-c3c(F)cccc3Br)c2n1. The lowest BCUT2D eigenvalue weighted by Crippen LogP contribution is -2.05. The predicted octanol–water partition coefficient (Wildman–Crippen LogP) is 2.91. The van der Waals surface area contributed by atoms with Crippen LogP contribution in [0.5, 0.6) is 5.88 Å². The summed E-state index contributed by atoms with van der Waals surface area (Å²) >= 11 is 3.32. The van der Waals surface area contributed by atoms with Crippen molar-refractivity contribution in [2.24, 2.45) is 0 Å². The van der Waals surface area contributed by atoms with Gasteiger partial charge in [-0.1, -0.05) is 6.07 Å². The highest BCUT2D eigenvalue weighted by atomic mass is 79.9. The average Bonchev–Trinajstić information content (AvgIpc) is 2.74. The maximum Gasteiger partial charge on any atom is 0.215 e. The molecule has 0 radical (unpaired) electrons. The second kappa shape index (κ2) is 4.75. The molecule has 0 spiro atoms. The second-order valence-electron chi connectivity index (χ2n) is 4.07. The van der Waals surface area contributed by atoms with Gasteiger partial charge in [0, 0.05) is 10.5 Å². The highest BCUT2D eigenvalue weighted by Gasteiger charge is 2.17. The minimum atomic E-state index is -0.421. The highest BCUT2D eigenvalue weighted by molar-refractivity contribution is 9.10. The number of hydrogen-bond acceptors (Lipinski definition) is 4. The highest BCUT2D eigenvalue weighted by Crippen LogP contribution is 2.30. The monoisotopic (exact) mass is 336 g/mol.